The summed E-state index contributed by atoms with van der Waals surface area (Å²) in [7, 11) is 0. The van der Waals surface area contributed by atoms with Gasteiger partial charge in [0.2, 0.25) is 0 Å². The summed E-state index contributed by atoms with van der Waals surface area (Å²) >= 11 is 8.76. The highest BCUT2D eigenvalue weighted by atomic mass is 35.5. The number of anilines is 1. The van der Waals surface area contributed by atoms with Crippen molar-refractivity contribution in [3.05, 3.63) is 62.0 Å². The van der Waals surface area contributed by atoms with Gasteiger partial charge in [-0.1, -0.05) is 22.9 Å². The molecule has 9 heteroatoms. The smallest absolute Gasteiger partial charge is 0.270 e. The van der Waals surface area contributed by atoms with Gasteiger partial charge in [-0.2, -0.15) is 0 Å². The summed E-state index contributed by atoms with van der Waals surface area (Å²) in [5.41, 5.74) is 1.64. The Bertz CT molecular complexity index is 1200. The SMILES string of the molecule is Cc1c(Cl)ccc2sc(NC(=O)c3cc4cc([N+](=O)[O-])ccc4s3)nc12. The standard InChI is InChI=1S/C17H10ClN3O3S2/c1-8-11(18)3-5-13-15(8)19-17(26-13)20-16(22)14-7-9-6-10(21(23)24)2-4-12(9)25-14/h2-7H,1H3,(H,19,20,22). The fourth-order valence-electron chi connectivity index (χ4n) is 2.57. The minimum absolute atomic E-state index is 0.000727. The van der Waals surface area contributed by atoms with E-state index in [1.54, 1.807) is 12.1 Å². The number of aryl methyl sites for hydroxylation is 1. The zero-order valence-corrected chi connectivity index (χ0v) is 15.7. The van der Waals surface area contributed by atoms with E-state index in [1.807, 2.05) is 19.1 Å². The lowest BCUT2D eigenvalue weighted by Crippen LogP contribution is -2.09. The number of aromatic nitrogens is 1. The number of nitrogens with zero attached hydrogens (tertiary/aromatic N) is 2. The number of carbonyl (C=O) groups is 1. The third-order valence-electron chi connectivity index (χ3n) is 3.90. The third kappa shape index (κ3) is 2.92. The fraction of sp³-hybridized carbons (Fsp3) is 0.0588. The summed E-state index contributed by atoms with van der Waals surface area (Å²) in [5.74, 6) is -0.295. The molecule has 0 fully saturated rings. The molecule has 2 aromatic heterocycles. The number of amides is 1. The lowest BCUT2D eigenvalue weighted by molar-refractivity contribution is -0.384. The van der Waals surface area contributed by atoms with Crippen LogP contribution in [0, 0.1) is 17.0 Å². The zero-order valence-electron chi connectivity index (χ0n) is 13.3. The zero-order chi connectivity index (χ0) is 18.4. The lowest BCUT2D eigenvalue weighted by Gasteiger charge is -1.97. The van der Waals surface area contributed by atoms with E-state index in [-0.39, 0.29) is 11.6 Å². The first kappa shape index (κ1) is 16.9. The highest BCUT2D eigenvalue weighted by Crippen LogP contribution is 2.33. The predicted octanol–water partition coefficient (Wildman–Crippen LogP) is 5.63. The molecule has 26 heavy (non-hydrogen) atoms. The molecule has 4 rings (SSSR count). The molecule has 0 unspecified atom stereocenters. The van der Waals surface area contributed by atoms with Gasteiger partial charge in [0, 0.05) is 27.2 Å². The van der Waals surface area contributed by atoms with Crippen LogP contribution in [0.1, 0.15) is 15.2 Å². The fourth-order valence-corrected chi connectivity index (χ4v) is 4.58. The largest absolute Gasteiger partial charge is 0.297 e. The van der Waals surface area contributed by atoms with Crippen LogP contribution in [-0.4, -0.2) is 15.8 Å². The van der Waals surface area contributed by atoms with Crippen molar-refractivity contribution in [1.29, 1.82) is 0 Å². The Kier molecular flexibility index (Phi) is 4.10. The van der Waals surface area contributed by atoms with Gasteiger partial charge in [0.25, 0.3) is 11.6 Å². The number of nitro groups is 1. The number of non-ortho nitro benzene ring substituents is 1. The van der Waals surface area contributed by atoms with E-state index in [0.717, 1.165) is 20.5 Å². The topological polar surface area (TPSA) is 85.1 Å². The maximum absolute atomic E-state index is 12.5. The molecular weight excluding hydrogens is 394 g/mol. The number of carbonyl (C=O) groups excluding carboxylic acids is 1. The summed E-state index contributed by atoms with van der Waals surface area (Å²) in [6.07, 6.45) is 0. The molecule has 2 aromatic carbocycles. The maximum Gasteiger partial charge on any atom is 0.270 e. The van der Waals surface area contributed by atoms with Crippen LogP contribution < -0.4 is 5.32 Å². The Labute approximate surface area is 160 Å². The number of thiophene rings is 1. The molecule has 1 amide bonds. The van der Waals surface area contributed by atoms with Gasteiger partial charge in [-0.05, 0) is 36.8 Å². The van der Waals surface area contributed by atoms with E-state index in [0.29, 0.717) is 20.4 Å². The third-order valence-corrected chi connectivity index (χ3v) is 6.36. The van der Waals surface area contributed by atoms with Crippen molar-refractivity contribution in [3.63, 3.8) is 0 Å². The Morgan fingerprint density at radius 1 is 1.19 bits per heavy atom. The molecule has 4 aromatic rings. The van der Waals surface area contributed by atoms with E-state index in [1.165, 1.54) is 34.8 Å². The first-order chi connectivity index (χ1) is 12.4. The highest BCUT2D eigenvalue weighted by molar-refractivity contribution is 7.23. The maximum atomic E-state index is 12.5. The van der Waals surface area contributed by atoms with Crippen LogP contribution in [-0.2, 0) is 0 Å². The van der Waals surface area contributed by atoms with E-state index in [2.05, 4.69) is 10.3 Å². The van der Waals surface area contributed by atoms with Crippen molar-refractivity contribution in [1.82, 2.24) is 4.98 Å². The Morgan fingerprint density at radius 3 is 2.73 bits per heavy atom. The lowest BCUT2D eigenvalue weighted by atomic mass is 10.2. The van der Waals surface area contributed by atoms with Crippen LogP contribution in [0.15, 0.2) is 36.4 Å². The number of benzene rings is 2. The average molecular weight is 404 g/mol. The normalized spacial score (nSPS) is 11.2. The molecule has 0 bridgehead atoms. The number of hydrogen-bond donors (Lipinski definition) is 1. The number of nitrogens with one attached hydrogen (secondary N) is 1. The second-order valence-electron chi connectivity index (χ2n) is 5.58. The highest BCUT2D eigenvalue weighted by Gasteiger charge is 2.16. The minimum Gasteiger partial charge on any atom is -0.297 e. The molecule has 0 atom stereocenters. The molecule has 0 saturated heterocycles. The summed E-state index contributed by atoms with van der Waals surface area (Å²) in [6.45, 7) is 1.88. The molecule has 130 valence electrons. The summed E-state index contributed by atoms with van der Waals surface area (Å²) < 4.78 is 1.75. The van der Waals surface area contributed by atoms with Gasteiger partial charge in [0.15, 0.2) is 5.13 Å². The molecule has 0 spiro atoms. The van der Waals surface area contributed by atoms with Crippen LogP contribution in [0.2, 0.25) is 5.02 Å². The molecular formula is C17H10ClN3O3S2. The van der Waals surface area contributed by atoms with Crippen molar-refractivity contribution in [2.75, 3.05) is 5.32 Å². The molecule has 6 nitrogen and oxygen atoms in total. The number of thiazole rings is 1. The molecule has 0 aliphatic rings. The Morgan fingerprint density at radius 2 is 1.96 bits per heavy atom. The summed E-state index contributed by atoms with van der Waals surface area (Å²) in [4.78, 5) is 27.9. The van der Waals surface area contributed by atoms with Crippen molar-refractivity contribution >= 4 is 71.3 Å². The van der Waals surface area contributed by atoms with E-state index < -0.39 is 4.92 Å². The van der Waals surface area contributed by atoms with Crippen LogP contribution in [0.25, 0.3) is 20.3 Å². The molecule has 1 N–H and O–H groups in total. The molecule has 0 saturated carbocycles. The van der Waals surface area contributed by atoms with Crippen LogP contribution >= 0.6 is 34.3 Å². The van der Waals surface area contributed by atoms with E-state index in [9.17, 15) is 14.9 Å². The number of rotatable bonds is 3. The quantitative estimate of drug-likeness (QED) is 0.354. The molecule has 0 radical (unpaired) electrons. The first-order valence-corrected chi connectivity index (χ1v) is 9.48. The van der Waals surface area contributed by atoms with Crippen LogP contribution in [0.3, 0.4) is 0 Å². The van der Waals surface area contributed by atoms with Gasteiger partial charge in [-0.25, -0.2) is 4.98 Å². The van der Waals surface area contributed by atoms with Gasteiger partial charge >= 0.3 is 0 Å². The molecule has 0 aliphatic carbocycles. The number of nitro benzene ring substituents is 1. The molecule has 0 aliphatic heterocycles. The monoisotopic (exact) mass is 403 g/mol. The van der Waals surface area contributed by atoms with Gasteiger partial charge in [0.1, 0.15) is 0 Å². The Balaban J connectivity index is 1.65. The number of halogens is 1. The number of hydrogen-bond acceptors (Lipinski definition) is 6. The average Bonchev–Trinajstić information content (AvgIpc) is 3.21. The van der Waals surface area contributed by atoms with E-state index in [4.69, 9.17) is 11.6 Å². The van der Waals surface area contributed by atoms with Crippen LogP contribution in [0.4, 0.5) is 10.8 Å². The van der Waals surface area contributed by atoms with Gasteiger partial charge in [0.05, 0.1) is 20.0 Å². The van der Waals surface area contributed by atoms with Crippen LogP contribution in [0.5, 0.6) is 0 Å². The van der Waals surface area contributed by atoms with Crippen molar-refractivity contribution in [3.8, 4) is 0 Å². The minimum atomic E-state index is -0.453. The second kappa shape index (κ2) is 6.31. The predicted molar refractivity (Wildman–Crippen MR) is 106 cm³/mol. The van der Waals surface area contributed by atoms with Gasteiger partial charge < -0.3 is 0 Å². The number of fused-ring (bicyclic) bond motifs is 2. The summed E-state index contributed by atoms with van der Waals surface area (Å²) in [5, 5.41) is 15.5. The van der Waals surface area contributed by atoms with Gasteiger partial charge in [-0.15, -0.1) is 11.3 Å². The van der Waals surface area contributed by atoms with E-state index >= 15 is 0 Å². The summed E-state index contributed by atoms with van der Waals surface area (Å²) in [6, 6.07) is 9.88. The Hall–Kier alpha value is -2.55. The first-order valence-electron chi connectivity index (χ1n) is 7.47. The second-order valence-corrected chi connectivity index (χ2v) is 8.10. The van der Waals surface area contributed by atoms with Gasteiger partial charge in [-0.3, -0.25) is 20.2 Å². The van der Waals surface area contributed by atoms with Crippen molar-refractivity contribution in [2.45, 2.75) is 6.92 Å². The van der Waals surface area contributed by atoms with Crippen molar-refractivity contribution < 1.29 is 9.72 Å². The molecule has 2 heterocycles. The van der Waals surface area contributed by atoms with Crippen molar-refractivity contribution in [2.24, 2.45) is 0 Å².